The number of nitrogen functional groups attached to an aromatic ring is 1. The van der Waals surface area contributed by atoms with Gasteiger partial charge in [0.05, 0.1) is 23.7 Å². The lowest BCUT2D eigenvalue weighted by molar-refractivity contribution is 0.0520. The predicted octanol–water partition coefficient (Wildman–Crippen LogP) is 15.0. The average molecular weight is 1260 g/mol. The molecule has 0 aliphatic rings. The SMILES string of the molecule is CCOC(=O)c1[nH]nc(-c2ccccc2)c1N.Cc1ccc(-c2nc3c(-c4ccccc4)n[nH]c3c(=O)n2-c2ccc(Br)cc2)cc1.Cc1ccc(-c2nc3c(-c4ccccc4)n[nH]c3c(=O)n2-c2ccc(Br)cc2)cc1.[C-]#[N+]Cc1ccccc1. The highest BCUT2D eigenvalue weighted by Gasteiger charge is 2.23. The summed E-state index contributed by atoms with van der Waals surface area (Å²) in [5.74, 6) is 0.668. The molecule has 5 N–H and O–H groups in total. The van der Waals surface area contributed by atoms with Gasteiger partial charge < -0.3 is 15.3 Å². The van der Waals surface area contributed by atoms with Crippen molar-refractivity contribution < 1.29 is 9.53 Å². The van der Waals surface area contributed by atoms with Gasteiger partial charge in [-0.15, -0.1) is 0 Å². The summed E-state index contributed by atoms with van der Waals surface area (Å²) >= 11 is 6.92. The molecule has 0 bridgehead atoms. The number of anilines is 1. The zero-order chi connectivity index (χ0) is 60.1. The van der Waals surface area contributed by atoms with Crippen LogP contribution in [0, 0.1) is 20.4 Å². The van der Waals surface area contributed by atoms with Gasteiger partial charge in [0.1, 0.15) is 39.8 Å². The summed E-state index contributed by atoms with van der Waals surface area (Å²) in [4.78, 5) is 51.8. The van der Waals surface area contributed by atoms with Crippen LogP contribution in [-0.2, 0) is 11.3 Å². The number of rotatable bonds is 10. The van der Waals surface area contributed by atoms with Crippen LogP contribution >= 0.6 is 31.9 Å². The Morgan fingerprint density at radius 2 is 0.884 bits per heavy atom. The lowest BCUT2D eigenvalue weighted by Crippen LogP contribution is -2.22. The molecule has 13 rings (SSSR count). The molecule has 0 atom stereocenters. The Kier molecular flexibility index (Phi) is 18.5. The summed E-state index contributed by atoms with van der Waals surface area (Å²) < 4.78 is 10.0. The van der Waals surface area contributed by atoms with Crippen molar-refractivity contribution in [3.05, 3.63) is 282 Å². The minimum Gasteiger partial charge on any atom is -0.461 e. The normalized spacial score (nSPS) is 10.7. The number of benzene rings is 8. The Bertz CT molecular complexity index is 4380. The average Bonchev–Trinajstić information content (AvgIpc) is 2.10. The fraction of sp³-hybridized carbons (Fsp3) is 0.0735. The number of esters is 1. The third-order valence-electron chi connectivity index (χ3n) is 13.5. The molecule has 0 saturated carbocycles. The smallest absolute Gasteiger partial charge is 0.358 e. The standard InChI is InChI=1S/2C24H17BrN4O.C12H13N3O2.C8H7N/c2*1-15-7-9-17(10-8-15)23-26-21-20(16-5-3-2-4-6-16)27-28-22(21)24(30)29(23)19-13-11-18(25)12-14-19;1-2-17-12(16)11-9(13)10(14-15-11)8-6-4-3-5-7-8;1-9-7-8-5-3-2-4-6-8/h2*2-14H,1H3,(H,27,28);3-7H,2,13H2,1H3,(H,14,15);2-6H,7H2. The maximum absolute atomic E-state index is 13.6. The summed E-state index contributed by atoms with van der Waals surface area (Å²) in [7, 11) is 0. The molecule has 16 nitrogen and oxygen atoms in total. The Morgan fingerprint density at radius 3 is 1.27 bits per heavy atom. The second kappa shape index (κ2) is 27.2. The third-order valence-corrected chi connectivity index (χ3v) is 14.6. The minimum absolute atomic E-state index is 0.187. The van der Waals surface area contributed by atoms with E-state index < -0.39 is 5.97 Å². The fourth-order valence-corrected chi connectivity index (χ4v) is 9.69. The number of ether oxygens (including phenoxy) is 1. The van der Waals surface area contributed by atoms with E-state index in [2.05, 4.69) is 67.3 Å². The second-order valence-corrected chi connectivity index (χ2v) is 21.2. The van der Waals surface area contributed by atoms with Crippen molar-refractivity contribution in [2.75, 3.05) is 12.3 Å². The molecule has 13 aromatic rings. The summed E-state index contributed by atoms with van der Waals surface area (Å²) in [5.41, 5.74) is 19.1. The van der Waals surface area contributed by atoms with Gasteiger partial charge in [0, 0.05) is 42.3 Å². The second-order valence-electron chi connectivity index (χ2n) is 19.4. The van der Waals surface area contributed by atoms with Crippen molar-refractivity contribution >= 4 is 65.6 Å². The zero-order valence-corrected chi connectivity index (χ0v) is 49.9. The van der Waals surface area contributed by atoms with Crippen molar-refractivity contribution in [2.24, 2.45) is 0 Å². The third kappa shape index (κ3) is 13.2. The first-order valence-electron chi connectivity index (χ1n) is 27.1. The number of aromatic amines is 3. The molecule has 5 aromatic heterocycles. The molecule has 424 valence electrons. The van der Waals surface area contributed by atoms with Gasteiger partial charge in [-0.3, -0.25) is 34.0 Å². The topological polar surface area (TPSA) is 212 Å². The lowest BCUT2D eigenvalue weighted by atomic mass is 10.1. The number of nitrogens with two attached hydrogens (primary N) is 1. The van der Waals surface area contributed by atoms with Crippen LogP contribution in [0.25, 0.3) is 94.8 Å². The molecule has 0 aliphatic heterocycles. The predicted molar refractivity (Wildman–Crippen MR) is 347 cm³/mol. The fourth-order valence-electron chi connectivity index (χ4n) is 9.16. The van der Waals surface area contributed by atoms with Crippen molar-refractivity contribution in [1.82, 2.24) is 49.7 Å². The van der Waals surface area contributed by atoms with Gasteiger partial charge in [-0.05, 0) is 69.3 Å². The molecule has 86 heavy (non-hydrogen) atoms. The van der Waals surface area contributed by atoms with Gasteiger partial charge >= 0.3 is 5.97 Å². The van der Waals surface area contributed by atoms with Crippen LogP contribution < -0.4 is 16.9 Å². The summed E-state index contributed by atoms with van der Waals surface area (Å²) in [6, 6.07) is 69.9. The molecule has 0 saturated heterocycles. The Balaban J connectivity index is 0.000000137. The van der Waals surface area contributed by atoms with Crippen LogP contribution in [0.5, 0.6) is 0 Å². The molecule has 0 spiro atoms. The number of hydrogen-bond acceptors (Lipinski definition) is 10. The number of nitrogens with zero attached hydrogens (tertiary/aromatic N) is 8. The zero-order valence-electron chi connectivity index (χ0n) is 46.7. The van der Waals surface area contributed by atoms with Crippen molar-refractivity contribution in [1.29, 1.82) is 0 Å². The number of H-pyrrole nitrogens is 3. The van der Waals surface area contributed by atoms with E-state index in [0.717, 1.165) is 64.8 Å². The number of carbonyl (C=O) groups is 1. The molecule has 8 aromatic carbocycles. The molecule has 18 heteroatoms. The van der Waals surface area contributed by atoms with E-state index in [1.165, 1.54) is 0 Å². The number of carbonyl (C=O) groups excluding carboxylic acids is 1. The van der Waals surface area contributed by atoms with Gasteiger partial charge in [-0.2, -0.15) is 15.3 Å². The van der Waals surface area contributed by atoms with E-state index in [9.17, 15) is 14.4 Å². The van der Waals surface area contributed by atoms with E-state index in [1.54, 1.807) is 16.1 Å². The van der Waals surface area contributed by atoms with Crippen molar-refractivity contribution in [2.45, 2.75) is 27.3 Å². The van der Waals surface area contributed by atoms with Crippen LogP contribution in [0.4, 0.5) is 5.69 Å². The number of halogens is 2. The van der Waals surface area contributed by atoms with Gasteiger partial charge in [0.15, 0.2) is 16.7 Å². The molecule has 0 aliphatic carbocycles. The summed E-state index contributed by atoms with van der Waals surface area (Å²) in [5, 5.41) is 21.3. The van der Waals surface area contributed by atoms with Crippen LogP contribution in [0.2, 0.25) is 0 Å². The van der Waals surface area contributed by atoms with Crippen LogP contribution in [0.15, 0.2) is 237 Å². The van der Waals surface area contributed by atoms with Gasteiger partial charge in [0.25, 0.3) is 11.1 Å². The first-order chi connectivity index (χ1) is 41.9. The Hall–Kier alpha value is -10.6. The molecule has 0 unspecified atom stereocenters. The van der Waals surface area contributed by atoms with E-state index >= 15 is 0 Å². The first-order valence-corrected chi connectivity index (χ1v) is 28.7. The number of nitrogens with one attached hydrogen (secondary N) is 3. The summed E-state index contributed by atoms with van der Waals surface area (Å²) in [6.07, 6.45) is 0. The molecule has 5 heterocycles. The molecular formula is C68H54Br2N12O4. The number of aromatic nitrogens is 10. The van der Waals surface area contributed by atoms with Gasteiger partial charge in [-0.1, -0.05) is 213 Å². The van der Waals surface area contributed by atoms with Crippen LogP contribution in [-0.4, -0.2) is 62.3 Å². The van der Waals surface area contributed by atoms with E-state index in [1.807, 2.05) is 232 Å². The molecule has 0 radical (unpaired) electrons. The first kappa shape index (κ1) is 58.6. The van der Waals surface area contributed by atoms with Crippen LogP contribution in [0.3, 0.4) is 0 Å². The molecule has 0 fully saturated rings. The van der Waals surface area contributed by atoms with Crippen molar-refractivity contribution in [3.8, 4) is 67.9 Å². The maximum atomic E-state index is 13.6. The molecule has 0 amide bonds. The number of aryl methyl sites for hydroxylation is 2. The van der Waals surface area contributed by atoms with Gasteiger partial charge in [-0.25, -0.2) is 21.3 Å². The highest BCUT2D eigenvalue weighted by atomic mass is 79.9. The maximum Gasteiger partial charge on any atom is 0.358 e. The lowest BCUT2D eigenvalue weighted by Gasteiger charge is -2.13. The molecular weight excluding hydrogens is 1210 g/mol. The minimum atomic E-state index is -0.486. The Morgan fingerprint density at radius 1 is 0.512 bits per heavy atom. The van der Waals surface area contributed by atoms with Crippen molar-refractivity contribution in [3.63, 3.8) is 0 Å². The van der Waals surface area contributed by atoms with Crippen LogP contribution in [0.1, 0.15) is 34.1 Å². The summed E-state index contributed by atoms with van der Waals surface area (Å²) in [6.45, 7) is 13.2. The highest BCUT2D eigenvalue weighted by Crippen LogP contribution is 2.31. The quantitative estimate of drug-likeness (QED) is 0.0751. The Labute approximate surface area is 511 Å². The van der Waals surface area contributed by atoms with E-state index in [4.69, 9.17) is 27.0 Å². The van der Waals surface area contributed by atoms with Gasteiger partial charge in [0.2, 0.25) is 6.54 Å². The number of fused-ring (bicyclic) bond motifs is 2. The largest absolute Gasteiger partial charge is 0.461 e. The monoisotopic (exact) mass is 1260 g/mol. The highest BCUT2D eigenvalue weighted by molar-refractivity contribution is 9.10. The van der Waals surface area contributed by atoms with E-state index in [-0.39, 0.29) is 16.8 Å². The number of hydrogen-bond donors (Lipinski definition) is 4. The van der Waals surface area contributed by atoms with E-state index in [0.29, 0.717) is 69.6 Å².